The summed E-state index contributed by atoms with van der Waals surface area (Å²) in [4.78, 5) is 17.9. The summed E-state index contributed by atoms with van der Waals surface area (Å²) < 4.78 is 12.6. The number of esters is 1. The first kappa shape index (κ1) is 19.1. The van der Waals surface area contributed by atoms with Crippen LogP contribution in [0.2, 0.25) is 0 Å². The monoisotopic (exact) mass is 410 g/mol. The quantitative estimate of drug-likeness (QED) is 0.565. The number of carbonyl (C=O) groups is 1. The summed E-state index contributed by atoms with van der Waals surface area (Å²) >= 11 is 0. The Morgan fingerprint density at radius 2 is 1.90 bits per heavy atom. The molecule has 5 aliphatic rings. The number of piperazine rings is 1. The van der Waals surface area contributed by atoms with E-state index in [2.05, 4.69) is 54.0 Å². The van der Waals surface area contributed by atoms with E-state index in [0.29, 0.717) is 5.92 Å². The van der Waals surface area contributed by atoms with E-state index in [9.17, 15) is 4.79 Å². The number of carbonyl (C=O) groups excluding carboxylic acids is 1. The molecule has 0 radical (unpaired) electrons. The fraction of sp³-hybridized carbons (Fsp3) is 0.720. The summed E-state index contributed by atoms with van der Waals surface area (Å²) in [5.41, 5.74) is 1.47. The van der Waals surface area contributed by atoms with Gasteiger partial charge in [-0.2, -0.15) is 0 Å². The van der Waals surface area contributed by atoms with Crippen molar-refractivity contribution in [3.05, 3.63) is 30.3 Å². The van der Waals surface area contributed by atoms with Crippen LogP contribution in [-0.4, -0.2) is 61.4 Å². The van der Waals surface area contributed by atoms with Crippen LogP contribution in [0.25, 0.3) is 0 Å². The number of ether oxygens (including phenoxy) is 2. The van der Waals surface area contributed by atoms with Gasteiger partial charge in [-0.25, -0.2) is 0 Å². The van der Waals surface area contributed by atoms with E-state index in [4.69, 9.17) is 9.47 Å². The van der Waals surface area contributed by atoms with Gasteiger partial charge in [0.1, 0.15) is 11.7 Å². The topological polar surface area (TPSA) is 45.3 Å². The first-order valence-electron chi connectivity index (χ1n) is 11.9. The summed E-state index contributed by atoms with van der Waals surface area (Å²) in [6.07, 6.45) is 5.01. The second-order valence-electron chi connectivity index (χ2n) is 10.7. The van der Waals surface area contributed by atoms with Crippen LogP contribution in [0.3, 0.4) is 0 Å². The highest BCUT2D eigenvalue weighted by molar-refractivity contribution is 5.76. The maximum atomic E-state index is 12.9. The zero-order valence-electron chi connectivity index (χ0n) is 18.3. The molecule has 0 bridgehead atoms. The Morgan fingerprint density at radius 3 is 2.67 bits per heavy atom. The Hall–Kier alpha value is -1.59. The van der Waals surface area contributed by atoms with E-state index in [-0.39, 0.29) is 41.0 Å². The van der Waals surface area contributed by atoms with Crippen LogP contribution >= 0.6 is 0 Å². The van der Waals surface area contributed by atoms with Crippen LogP contribution in [0.4, 0.5) is 5.69 Å². The van der Waals surface area contributed by atoms with Crippen molar-refractivity contribution < 1.29 is 14.3 Å². The van der Waals surface area contributed by atoms with Crippen LogP contribution < -0.4 is 4.90 Å². The molecule has 5 nitrogen and oxygen atoms in total. The molecule has 0 unspecified atom stereocenters. The molecule has 3 aliphatic heterocycles. The molecule has 1 aromatic rings. The van der Waals surface area contributed by atoms with Crippen molar-refractivity contribution in [1.29, 1.82) is 0 Å². The fourth-order valence-corrected chi connectivity index (χ4v) is 7.55. The largest absolute Gasteiger partial charge is 0.462 e. The average Bonchev–Trinajstić information content (AvgIpc) is 3.44. The van der Waals surface area contributed by atoms with Crippen molar-refractivity contribution in [3.8, 4) is 0 Å². The molecule has 162 valence electrons. The molecular weight excluding hydrogens is 376 g/mol. The molecule has 7 atom stereocenters. The number of nitrogens with zero attached hydrogens (tertiary/aromatic N) is 2. The van der Waals surface area contributed by atoms with Crippen molar-refractivity contribution in [2.45, 2.75) is 57.3 Å². The van der Waals surface area contributed by atoms with Crippen molar-refractivity contribution in [2.75, 3.05) is 37.6 Å². The summed E-state index contributed by atoms with van der Waals surface area (Å²) in [5.74, 6) is 0.837. The lowest BCUT2D eigenvalue weighted by molar-refractivity contribution is -0.146. The standard InChI is InChI=1S/C25H34N2O3/c1-17-7-6-10-24(2)15-20-21(22-25(17,24)30-22)19(23(28)29-20)16-26-11-13-27(14-12-26)18-8-4-3-5-9-18/h3-5,8-9,17,19-22H,6-7,10-16H2,1-2H3/t17-,19+,20+,21+,22-,24+,25-/m0/s1. The Balaban J connectivity index is 1.15. The number of hydrogen-bond acceptors (Lipinski definition) is 5. The lowest BCUT2D eigenvalue weighted by Gasteiger charge is -2.49. The number of rotatable bonds is 3. The minimum absolute atomic E-state index is 0.00462. The lowest BCUT2D eigenvalue weighted by atomic mass is 9.53. The van der Waals surface area contributed by atoms with Gasteiger partial charge in [-0.05, 0) is 37.3 Å². The van der Waals surface area contributed by atoms with Crippen LogP contribution in [0, 0.1) is 23.2 Å². The average molecular weight is 411 g/mol. The molecule has 0 aromatic heterocycles. The minimum atomic E-state index is -0.0265. The predicted octanol–water partition coefficient (Wildman–Crippen LogP) is 3.33. The molecule has 5 heteroatoms. The van der Waals surface area contributed by atoms with Crippen LogP contribution in [0.5, 0.6) is 0 Å². The molecule has 0 amide bonds. The van der Waals surface area contributed by atoms with Crippen LogP contribution in [0.1, 0.15) is 39.5 Å². The van der Waals surface area contributed by atoms with Crippen LogP contribution in [0.15, 0.2) is 30.3 Å². The lowest BCUT2D eigenvalue weighted by Crippen LogP contribution is -2.55. The van der Waals surface area contributed by atoms with E-state index >= 15 is 0 Å². The van der Waals surface area contributed by atoms with Gasteiger partial charge in [0, 0.05) is 49.7 Å². The van der Waals surface area contributed by atoms with Crippen molar-refractivity contribution in [3.63, 3.8) is 0 Å². The van der Waals surface area contributed by atoms with E-state index < -0.39 is 0 Å². The van der Waals surface area contributed by atoms with Gasteiger partial charge in [-0.1, -0.05) is 38.5 Å². The third kappa shape index (κ3) is 2.64. The van der Waals surface area contributed by atoms with Gasteiger partial charge in [-0.15, -0.1) is 0 Å². The normalized spacial score (nSPS) is 45.3. The minimum Gasteiger partial charge on any atom is -0.462 e. The fourth-order valence-electron chi connectivity index (χ4n) is 7.55. The van der Waals surface area contributed by atoms with Gasteiger partial charge in [0.25, 0.3) is 0 Å². The maximum Gasteiger partial charge on any atom is 0.311 e. The SMILES string of the molecule is C[C@H]1CCC[C@]2(C)C[C@H]3OC(=O)[C@H](CN4CCN(c5ccccc5)CC4)[C@H]3[C@@H]3O[C@@]132. The highest BCUT2D eigenvalue weighted by Gasteiger charge is 2.78. The zero-order chi connectivity index (χ0) is 20.5. The van der Waals surface area contributed by atoms with E-state index in [0.717, 1.165) is 39.1 Å². The summed E-state index contributed by atoms with van der Waals surface area (Å²) in [7, 11) is 0. The molecule has 3 heterocycles. The summed E-state index contributed by atoms with van der Waals surface area (Å²) in [6.45, 7) is 9.61. The van der Waals surface area contributed by atoms with E-state index in [1.54, 1.807) is 0 Å². The molecule has 0 N–H and O–H groups in total. The van der Waals surface area contributed by atoms with E-state index in [1.807, 2.05) is 0 Å². The third-order valence-corrected chi connectivity index (χ3v) is 9.14. The highest BCUT2D eigenvalue weighted by Crippen LogP contribution is 2.70. The Bertz CT molecular complexity index is 823. The molecule has 1 aromatic carbocycles. The molecule has 6 rings (SSSR count). The molecule has 2 aliphatic carbocycles. The van der Waals surface area contributed by atoms with Crippen molar-refractivity contribution in [2.24, 2.45) is 23.2 Å². The molecule has 30 heavy (non-hydrogen) atoms. The number of anilines is 1. The third-order valence-electron chi connectivity index (χ3n) is 9.14. The van der Waals surface area contributed by atoms with Gasteiger partial charge in [0.05, 0.1) is 12.0 Å². The van der Waals surface area contributed by atoms with Crippen LogP contribution in [-0.2, 0) is 14.3 Å². The number of fused-ring (bicyclic) bond motifs is 2. The molecule has 5 fully saturated rings. The Labute approximate surface area is 179 Å². The van der Waals surface area contributed by atoms with Gasteiger partial charge < -0.3 is 14.4 Å². The second kappa shape index (κ2) is 6.70. The molecule has 2 saturated carbocycles. The van der Waals surface area contributed by atoms with E-state index in [1.165, 1.54) is 24.9 Å². The number of para-hydroxylation sites is 1. The number of epoxide rings is 1. The van der Waals surface area contributed by atoms with Gasteiger partial charge >= 0.3 is 5.97 Å². The Morgan fingerprint density at radius 1 is 1.13 bits per heavy atom. The first-order chi connectivity index (χ1) is 14.5. The smallest absolute Gasteiger partial charge is 0.311 e. The number of benzene rings is 1. The van der Waals surface area contributed by atoms with Gasteiger partial charge in [-0.3, -0.25) is 9.69 Å². The second-order valence-corrected chi connectivity index (χ2v) is 10.7. The predicted molar refractivity (Wildman–Crippen MR) is 115 cm³/mol. The summed E-state index contributed by atoms with van der Waals surface area (Å²) in [5, 5.41) is 0. The molecule has 3 saturated heterocycles. The molecular formula is C25H34N2O3. The van der Waals surface area contributed by atoms with Gasteiger partial charge in [0.2, 0.25) is 0 Å². The zero-order valence-corrected chi connectivity index (χ0v) is 18.3. The number of hydrogen-bond donors (Lipinski definition) is 0. The first-order valence-corrected chi connectivity index (χ1v) is 11.9. The van der Waals surface area contributed by atoms with Crippen molar-refractivity contribution >= 4 is 11.7 Å². The van der Waals surface area contributed by atoms with Gasteiger partial charge in [0.15, 0.2) is 0 Å². The highest BCUT2D eigenvalue weighted by atomic mass is 16.6. The Kier molecular flexibility index (Phi) is 4.27. The van der Waals surface area contributed by atoms with Crippen molar-refractivity contribution in [1.82, 2.24) is 4.90 Å². The summed E-state index contributed by atoms with van der Waals surface area (Å²) in [6, 6.07) is 10.6. The maximum absolute atomic E-state index is 12.9. The molecule has 1 spiro atoms.